The summed E-state index contributed by atoms with van der Waals surface area (Å²) in [6, 6.07) is 20.1. The van der Waals surface area contributed by atoms with Crippen molar-refractivity contribution in [2.45, 2.75) is 13.0 Å². The van der Waals surface area contributed by atoms with Gasteiger partial charge in [0.1, 0.15) is 5.75 Å². The van der Waals surface area contributed by atoms with Gasteiger partial charge < -0.3 is 15.4 Å². The molecule has 2 aromatic rings. The monoisotopic (exact) mass is 297 g/mol. The van der Waals surface area contributed by atoms with E-state index in [9.17, 15) is 0 Å². The second-order valence-corrected chi connectivity index (χ2v) is 4.85. The lowest BCUT2D eigenvalue weighted by Gasteiger charge is -2.12. The van der Waals surface area contributed by atoms with Crippen LogP contribution in [0.2, 0.25) is 0 Å². The van der Waals surface area contributed by atoms with Crippen LogP contribution in [0.15, 0.2) is 65.7 Å². The Balaban J connectivity index is 1.60. The van der Waals surface area contributed by atoms with E-state index in [1.54, 1.807) is 7.05 Å². The van der Waals surface area contributed by atoms with E-state index in [0.29, 0.717) is 6.61 Å². The number of nitrogens with zero attached hydrogens (tertiary/aromatic N) is 1. The molecule has 0 atom stereocenters. The molecule has 4 heteroatoms. The van der Waals surface area contributed by atoms with Crippen molar-refractivity contribution in [2.24, 2.45) is 4.99 Å². The maximum atomic E-state index is 5.65. The molecule has 0 aliphatic carbocycles. The molecule has 22 heavy (non-hydrogen) atoms. The first kappa shape index (κ1) is 15.9. The maximum Gasteiger partial charge on any atom is 0.191 e. The average molecular weight is 297 g/mol. The average Bonchev–Trinajstić information content (AvgIpc) is 2.59. The third kappa shape index (κ3) is 5.87. The Kier molecular flexibility index (Phi) is 6.82. The highest BCUT2D eigenvalue weighted by Crippen LogP contribution is 2.07. The standard InChI is InChI=1S/C18H23N3O/c1-19-18(21-15-16-9-4-2-5-10-16)20-13-8-14-22-17-11-6-3-7-12-17/h2-7,9-12H,8,13-15H2,1H3,(H2,19,20,21). The van der Waals surface area contributed by atoms with Gasteiger partial charge in [-0.15, -0.1) is 0 Å². The van der Waals surface area contributed by atoms with Crippen LogP contribution in [0.3, 0.4) is 0 Å². The second-order valence-electron chi connectivity index (χ2n) is 4.85. The van der Waals surface area contributed by atoms with E-state index in [1.807, 2.05) is 48.5 Å². The Labute approximate surface area is 132 Å². The van der Waals surface area contributed by atoms with Crippen molar-refractivity contribution in [3.8, 4) is 5.75 Å². The van der Waals surface area contributed by atoms with E-state index in [1.165, 1.54) is 5.56 Å². The Morgan fingerprint density at radius 2 is 1.64 bits per heavy atom. The highest BCUT2D eigenvalue weighted by atomic mass is 16.5. The number of benzene rings is 2. The number of hydrogen-bond acceptors (Lipinski definition) is 2. The molecule has 0 aromatic heterocycles. The maximum absolute atomic E-state index is 5.65. The summed E-state index contributed by atoms with van der Waals surface area (Å²) in [7, 11) is 1.78. The number of nitrogens with one attached hydrogen (secondary N) is 2. The molecule has 4 nitrogen and oxygen atoms in total. The number of guanidine groups is 1. The Hall–Kier alpha value is -2.49. The van der Waals surface area contributed by atoms with Gasteiger partial charge in [-0.1, -0.05) is 48.5 Å². The summed E-state index contributed by atoms with van der Waals surface area (Å²) in [5.74, 6) is 1.72. The van der Waals surface area contributed by atoms with Gasteiger partial charge in [0.05, 0.1) is 6.61 Å². The highest BCUT2D eigenvalue weighted by Gasteiger charge is 1.98. The van der Waals surface area contributed by atoms with Crippen LogP contribution in [0, 0.1) is 0 Å². The molecule has 2 N–H and O–H groups in total. The van der Waals surface area contributed by atoms with Gasteiger partial charge in [0.15, 0.2) is 5.96 Å². The van der Waals surface area contributed by atoms with Crippen LogP contribution >= 0.6 is 0 Å². The number of hydrogen-bond donors (Lipinski definition) is 2. The first-order valence-electron chi connectivity index (χ1n) is 7.55. The zero-order valence-electron chi connectivity index (χ0n) is 13.0. The molecular weight excluding hydrogens is 274 g/mol. The van der Waals surface area contributed by atoms with Crippen molar-refractivity contribution in [3.05, 3.63) is 66.2 Å². The Bertz CT molecular complexity index is 555. The van der Waals surface area contributed by atoms with Crippen LogP contribution < -0.4 is 15.4 Å². The third-order valence-electron chi connectivity index (χ3n) is 3.15. The van der Waals surface area contributed by atoms with Crippen LogP contribution in [0.4, 0.5) is 0 Å². The quantitative estimate of drug-likeness (QED) is 0.469. The first-order chi connectivity index (χ1) is 10.9. The SMILES string of the molecule is CN=C(NCCCOc1ccccc1)NCc1ccccc1. The number of para-hydroxylation sites is 1. The van der Waals surface area contributed by atoms with Gasteiger partial charge >= 0.3 is 0 Å². The van der Waals surface area contributed by atoms with E-state index in [0.717, 1.165) is 31.2 Å². The summed E-state index contributed by atoms with van der Waals surface area (Å²) < 4.78 is 5.65. The van der Waals surface area contributed by atoms with E-state index in [-0.39, 0.29) is 0 Å². The number of aliphatic imine (C=N–C) groups is 1. The van der Waals surface area contributed by atoms with Gasteiger partial charge in [-0.05, 0) is 24.1 Å². The molecule has 0 aliphatic heterocycles. The zero-order valence-corrected chi connectivity index (χ0v) is 13.0. The third-order valence-corrected chi connectivity index (χ3v) is 3.15. The minimum atomic E-state index is 0.687. The van der Waals surface area contributed by atoms with Crippen molar-refractivity contribution in [3.63, 3.8) is 0 Å². The molecule has 0 heterocycles. The first-order valence-corrected chi connectivity index (χ1v) is 7.55. The smallest absolute Gasteiger partial charge is 0.191 e. The molecule has 0 aliphatic rings. The van der Waals surface area contributed by atoms with Crippen LogP contribution in [-0.4, -0.2) is 26.2 Å². The Morgan fingerprint density at radius 1 is 0.955 bits per heavy atom. The highest BCUT2D eigenvalue weighted by molar-refractivity contribution is 5.79. The molecule has 0 unspecified atom stereocenters. The zero-order chi connectivity index (χ0) is 15.5. The van der Waals surface area contributed by atoms with Crippen molar-refractivity contribution >= 4 is 5.96 Å². The second kappa shape index (κ2) is 9.45. The molecule has 0 amide bonds. The van der Waals surface area contributed by atoms with E-state index < -0.39 is 0 Å². The predicted octanol–water partition coefficient (Wildman–Crippen LogP) is 2.82. The van der Waals surface area contributed by atoms with Crippen LogP contribution in [0.5, 0.6) is 5.75 Å². The van der Waals surface area contributed by atoms with Gasteiger partial charge in [0.2, 0.25) is 0 Å². The van der Waals surface area contributed by atoms with Gasteiger partial charge in [-0.2, -0.15) is 0 Å². The van der Waals surface area contributed by atoms with E-state index >= 15 is 0 Å². The molecule has 0 saturated heterocycles. The largest absolute Gasteiger partial charge is 0.494 e. The summed E-state index contributed by atoms with van der Waals surface area (Å²) in [4.78, 5) is 4.21. The van der Waals surface area contributed by atoms with Crippen LogP contribution in [0.25, 0.3) is 0 Å². The summed E-state index contributed by atoms with van der Waals surface area (Å²) in [5.41, 5.74) is 1.23. The number of rotatable bonds is 7. The summed E-state index contributed by atoms with van der Waals surface area (Å²) in [6.07, 6.45) is 0.918. The van der Waals surface area contributed by atoms with E-state index in [4.69, 9.17) is 4.74 Å². The van der Waals surface area contributed by atoms with Crippen molar-refractivity contribution < 1.29 is 4.74 Å². The molecule has 0 fully saturated rings. The fourth-order valence-corrected chi connectivity index (χ4v) is 1.99. The predicted molar refractivity (Wildman–Crippen MR) is 91.2 cm³/mol. The molecule has 0 radical (unpaired) electrons. The van der Waals surface area contributed by atoms with Gasteiger partial charge in [0.25, 0.3) is 0 Å². The van der Waals surface area contributed by atoms with Crippen molar-refractivity contribution in [1.29, 1.82) is 0 Å². The summed E-state index contributed by atoms with van der Waals surface area (Å²) >= 11 is 0. The van der Waals surface area contributed by atoms with E-state index in [2.05, 4.69) is 27.8 Å². The minimum Gasteiger partial charge on any atom is -0.494 e. The molecule has 0 bridgehead atoms. The summed E-state index contributed by atoms with van der Waals surface area (Å²) in [5, 5.41) is 6.58. The molecule has 2 aromatic carbocycles. The molecule has 0 saturated carbocycles. The number of ether oxygens (including phenoxy) is 1. The minimum absolute atomic E-state index is 0.687. The fraction of sp³-hybridized carbons (Fsp3) is 0.278. The topological polar surface area (TPSA) is 45.7 Å². The fourth-order valence-electron chi connectivity index (χ4n) is 1.99. The normalized spacial score (nSPS) is 11.0. The lowest BCUT2D eigenvalue weighted by molar-refractivity contribution is 0.311. The van der Waals surface area contributed by atoms with Gasteiger partial charge in [-0.25, -0.2) is 0 Å². The molecule has 2 rings (SSSR count). The lowest BCUT2D eigenvalue weighted by Crippen LogP contribution is -2.37. The van der Waals surface area contributed by atoms with Gasteiger partial charge in [-0.3, -0.25) is 4.99 Å². The molecule has 116 valence electrons. The van der Waals surface area contributed by atoms with Crippen molar-refractivity contribution in [2.75, 3.05) is 20.2 Å². The lowest BCUT2D eigenvalue weighted by atomic mass is 10.2. The van der Waals surface area contributed by atoms with Crippen LogP contribution in [0.1, 0.15) is 12.0 Å². The van der Waals surface area contributed by atoms with Crippen molar-refractivity contribution in [1.82, 2.24) is 10.6 Å². The molecule has 0 spiro atoms. The molecular formula is C18H23N3O. The summed E-state index contributed by atoms with van der Waals surface area (Å²) in [6.45, 7) is 2.27. The Morgan fingerprint density at radius 3 is 2.32 bits per heavy atom. The van der Waals surface area contributed by atoms with Crippen LogP contribution in [-0.2, 0) is 6.54 Å². The van der Waals surface area contributed by atoms with Gasteiger partial charge in [0, 0.05) is 20.1 Å².